The van der Waals surface area contributed by atoms with Crippen LogP contribution >= 0.6 is 22.9 Å². The summed E-state index contributed by atoms with van der Waals surface area (Å²) in [6, 6.07) is 15.7. The molecular formula is C31H31ClF2N2O3S2. The first kappa shape index (κ1) is 29.8. The zero-order chi connectivity index (χ0) is 29.3. The van der Waals surface area contributed by atoms with Crippen LogP contribution in [0.3, 0.4) is 0 Å². The molecule has 0 saturated heterocycles. The summed E-state index contributed by atoms with van der Waals surface area (Å²) in [5, 5.41) is 3.20. The van der Waals surface area contributed by atoms with Gasteiger partial charge < -0.3 is 19.5 Å². The minimum absolute atomic E-state index is 0.0354. The van der Waals surface area contributed by atoms with Gasteiger partial charge in [0.05, 0.1) is 22.2 Å². The van der Waals surface area contributed by atoms with E-state index in [0.29, 0.717) is 11.8 Å². The highest BCUT2D eigenvalue weighted by Gasteiger charge is 2.33. The van der Waals surface area contributed by atoms with Crippen molar-refractivity contribution in [2.45, 2.75) is 49.2 Å². The van der Waals surface area contributed by atoms with E-state index in [1.165, 1.54) is 0 Å². The fourth-order valence-corrected chi connectivity index (χ4v) is 7.54. The second-order valence-electron chi connectivity index (χ2n) is 10.2. The molecule has 1 aliphatic rings. The molecule has 4 aromatic rings. The molecule has 216 valence electrons. The molecule has 0 radical (unpaired) electrons. The van der Waals surface area contributed by atoms with Crippen LogP contribution in [0.4, 0.5) is 8.78 Å². The SMILES string of the molecule is CN[C@H]1CC[C@H](N(Cc2cc(-c3ccc([S+](C)[O-])cc3)ccc2OC)C(=O)c2sc3c(F)ccc(F)c3c2Cl)CC1. The van der Waals surface area contributed by atoms with E-state index in [1.807, 2.05) is 49.5 Å². The van der Waals surface area contributed by atoms with Gasteiger partial charge in [-0.05, 0) is 104 Å². The topological polar surface area (TPSA) is 64.6 Å². The van der Waals surface area contributed by atoms with Crippen LogP contribution in [-0.4, -0.2) is 47.9 Å². The molecule has 3 aromatic carbocycles. The average molecular weight is 617 g/mol. The number of hydrogen-bond acceptors (Lipinski definition) is 5. The van der Waals surface area contributed by atoms with E-state index in [1.54, 1.807) is 18.3 Å². The molecular weight excluding hydrogens is 586 g/mol. The van der Waals surface area contributed by atoms with Crippen LogP contribution in [0, 0.1) is 11.6 Å². The lowest BCUT2D eigenvalue weighted by Gasteiger charge is -2.37. The molecule has 1 amide bonds. The van der Waals surface area contributed by atoms with E-state index in [0.717, 1.165) is 70.7 Å². The molecule has 1 aliphatic carbocycles. The first-order chi connectivity index (χ1) is 19.7. The van der Waals surface area contributed by atoms with E-state index < -0.39 is 22.8 Å². The number of rotatable bonds is 8. The molecule has 0 aliphatic heterocycles. The molecule has 5 rings (SSSR count). The van der Waals surface area contributed by atoms with Gasteiger partial charge in [0.1, 0.15) is 28.5 Å². The lowest BCUT2D eigenvalue weighted by Crippen LogP contribution is -2.44. The van der Waals surface area contributed by atoms with Gasteiger partial charge in [-0.15, -0.1) is 11.3 Å². The summed E-state index contributed by atoms with van der Waals surface area (Å²) in [7, 11) is 3.53. The molecule has 0 bridgehead atoms. The van der Waals surface area contributed by atoms with Gasteiger partial charge in [-0.25, -0.2) is 8.78 Å². The van der Waals surface area contributed by atoms with Gasteiger partial charge >= 0.3 is 0 Å². The Kier molecular flexibility index (Phi) is 9.21. The molecule has 1 saturated carbocycles. The number of hydrogen-bond donors (Lipinski definition) is 1. The molecule has 41 heavy (non-hydrogen) atoms. The van der Waals surface area contributed by atoms with Crippen molar-refractivity contribution in [1.82, 2.24) is 10.2 Å². The van der Waals surface area contributed by atoms with Gasteiger partial charge in [0.15, 0.2) is 4.90 Å². The predicted molar refractivity (Wildman–Crippen MR) is 162 cm³/mol. The first-order valence-corrected chi connectivity index (χ1v) is 16.1. The number of benzene rings is 3. The lowest BCUT2D eigenvalue weighted by molar-refractivity contribution is 0.0604. The molecule has 0 spiro atoms. The van der Waals surface area contributed by atoms with Gasteiger partial charge in [-0.1, -0.05) is 17.7 Å². The zero-order valence-electron chi connectivity index (χ0n) is 23.0. The highest BCUT2D eigenvalue weighted by molar-refractivity contribution is 7.90. The van der Waals surface area contributed by atoms with E-state index in [9.17, 15) is 18.1 Å². The Bertz CT molecular complexity index is 1550. The Morgan fingerprint density at radius 3 is 2.34 bits per heavy atom. The Hall–Kier alpha value is -2.69. The van der Waals surface area contributed by atoms with Crippen LogP contribution < -0.4 is 10.1 Å². The number of thiophene rings is 1. The van der Waals surface area contributed by atoms with E-state index >= 15 is 0 Å². The average Bonchev–Trinajstić information content (AvgIpc) is 3.35. The number of ether oxygens (including phenoxy) is 1. The predicted octanol–water partition coefficient (Wildman–Crippen LogP) is 7.42. The molecule has 10 heteroatoms. The molecule has 1 aromatic heterocycles. The number of carbonyl (C=O) groups is 1. The highest BCUT2D eigenvalue weighted by atomic mass is 35.5. The van der Waals surface area contributed by atoms with E-state index in [2.05, 4.69) is 5.32 Å². The summed E-state index contributed by atoms with van der Waals surface area (Å²) in [5.41, 5.74) is 2.66. The summed E-state index contributed by atoms with van der Waals surface area (Å²) in [6.45, 7) is 0.233. The molecule has 1 heterocycles. The second-order valence-corrected chi connectivity index (χ2v) is 13.0. The maximum Gasteiger partial charge on any atom is 0.266 e. The van der Waals surface area contributed by atoms with Crippen molar-refractivity contribution in [1.29, 1.82) is 0 Å². The van der Waals surface area contributed by atoms with Crippen LogP contribution in [0.1, 0.15) is 40.9 Å². The van der Waals surface area contributed by atoms with Gasteiger partial charge in [0, 0.05) is 24.2 Å². The Morgan fingerprint density at radius 1 is 1.07 bits per heavy atom. The fourth-order valence-electron chi connectivity index (χ4n) is 5.51. The summed E-state index contributed by atoms with van der Waals surface area (Å²) >= 11 is 6.37. The highest BCUT2D eigenvalue weighted by Crippen LogP contribution is 2.40. The second kappa shape index (κ2) is 12.7. The lowest BCUT2D eigenvalue weighted by atomic mass is 9.89. The maximum atomic E-state index is 14.7. The minimum Gasteiger partial charge on any atom is -0.612 e. The van der Waals surface area contributed by atoms with Crippen LogP contribution in [-0.2, 0) is 17.7 Å². The zero-order valence-corrected chi connectivity index (χ0v) is 25.4. The van der Waals surface area contributed by atoms with Crippen molar-refractivity contribution in [3.63, 3.8) is 0 Å². The van der Waals surface area contributed by atoms with Crippen LogP contribution in [0.15, 0.2) is 59.5 Å². The van der Waals surface area contributed by atoms with Crippen molar-refractivity contribution < 1.29 is 22.9 Å². The van der Waals surface area contributed by atoms with E-state index in [4.69, 9.17) is 16.3 Å². The normalized spacial score (nSPS) is 17.9. The van der Waals surface area contributed by atoms with E-state index in [-0.39, 0.29) is 38.5 Å². The molecule has 1 atom stereocenters. The Morgan fingerprint density at radius 2 is 1.73 bits per heavy atom. The monoisotopic (exact) mass is 616 g/mol. The summed E-state index contributed by atoms with van der Waals surface area (Å²) in [4.78, 5) is 16.8. The van der Waals surface area contributed by atoms with Gasteiger partial charge in [0.25, 0.3) is 5.91 Å². The van der Waals surface area contributed by atoms with Crippen molar-refractivity contribution >= 4 is 50.1 Å². The summed E-state index contributed by atoms with van der Waals surface area (Å²) in [6.07, 6.45) is 5.00. The third-order valence-electron chi connectivity index (χ3n) is 7.82. The Balaban J connectivity index is 1.54. The van der Waals surface area contributed by atoms with Crippen molar-refractivity contribution in [2.24, 2.45) is 0 Å². The van der Waals surface area contributed by atoms with Crippen molar-refractivity contribution in [2.75, 3.05) is 20.4 Å². The number of carbonyl (C=O) groups excluding carboxylic acids is 1. The number of methoxy groups -OCH3 is 1. The minimum atomic E-state index is -1.08. The third-order valence-corrected chi connectivity index (χ3v) is 10.4. The molecule has 1 fully saturated rings. The van der Waals surface area contributed by atoms with Gasteiger partial charge in [-0.2, -0.15) is 0 Å². The Labute approximate surface area is 250 Å². The standard InChI is InChI=1S/C31H31ClF2N2O3S2/c1-35-21-7-9-22(10-8-21)36(31(37)30-28(32)27-24(33)13-14-25(34)29(27)40-30)17-20-16-19(6-15-26(20)39-2)18-4-11-23(12-5-18)41(3)38/h4-6,11-16,21-22,35H,7-10,17H2,1-3H3/t21-,22-,41?. The third kappa shape index (κ3) is 6.10. The van der Waals surface area contributed by atoms with Gasteiger partial charge in [-0.3, -0.25) is 4.79 Å². The number of fused-ring (bicyclic) bond motifs is 1. The number of nitrogens with zero attached hydrogens (tertiary/aromatic N) is 1. The fraction of sp³-hybridized carbons (Fsp3) is 0.323. The summed E-state index contributed by atoms with van der Waals surface area (Å²) in [5.74, 6) is -0.998. The smallest absolute Gasteiger partial charge is 0.266 e. The largest absolute Gasteiger partial charge is 0.612 e. The van der Waals surface area contributed by atoms with Gasteiger partial charge in [0.2, 0.25) is 0 Å². The number of halogens is 3. The van der Waals surface area contributed by atoms with Crippen LogP contribution in [0.5, 0.6) is 5.75 Å². The molecule has 1 unspecified atom stereocenters. The molecule has 1 N–H and O–H groups in total. The van der Waals surface area contributed by atoms with Crippen molar-refractivity contribution in [3.05, 3.63) is 81.7 Å². The van der Waals surface area contributed by atoms with Crippen LogP contribution in [0.2, 0.25) is 5.02 Å². The first-order valence-electron chi connectivity index (χ1n) is 13.4. The number of nitrogens with one attached hydrogen (secondary N) is 1. The summed E-state index contributed by atoms with van der Waals surface area (Å²) < 4.78 is 46.8. The number of amides is 1. The molecule has 5 nitrogen and oxygen atoms in total. The van der Waals surface area contributed by atoms with Crippen molar-refractivity contribution in [3.8, 4) is 16.9 Å². The quantitative estimate of drug-likeness (QED) is 0.209. The maximum absolute atomic E-state index is 14.7. The van der Waals surface area contributed by atoms with Crippen LogP contribution in [0.25, 0.3) is 21.2 Å².